The third-order valence-corrected chi connectivity index (χ3v) is 6.88. The fraction of sp³-hybridized carbons (Fsp3) is 0.435. The van der Waals surface area contributed by atoms with Gasteiger partial charge in [-0.25, -0.2) is 0 Å². The molecule has 0 fully saturated rings. The lowest BCUT2D eigenvalue weighted by molar-refractivity contribution is -0.129. The molecule has 0 radical (unpaired) electrons. The van der Waals surface area contributed by atoms with Crippen LogP contribution in [-0.2, 0) is 28.5 Å². The van der Waals surface area contributed by atoms with E-state index in [1.807, 2.05) is 34.0 Å². The van der Waals surface area contributed by atoms with Gasteiger partial charge in [0.05, 0.1) is 18.9 Å². The van der Waals surface area contributed by atoms with Gasteiger partial charge < -0.3 is 14.2 Å². The minimum Gasteiger partial charge on any atom is -0.383 e. The van der Waals surface area contributed by atoms with E-state index in [9.17, 15) is 4.79 Å². The standard InChI is InChI=1S/C23H30N4O2S2/c1-23(2,3)18-10-8-17(9-11-18)21-24-25-22(26(21)4)31-16-20(28)27(12-13-29-5)15-19-7-6-14-30-19/h6-11,14H,12-13,15-16H2,1-5H3. The lowest BCUT2D eigenvalue weighted by Gasteiger charge is -2.21. The maximum atomic E-state index is 12.9. The molecule has 0 aliphatic carbocycles. The summed E-state index contributed by atoms with van der Waals surface area (Å²) in [4.78, 5) is 15.9. The van der Waals surface area contributed by atoms with Crippen molar-refractivity contribution >= 4 is 29.0 Å². The normalized spacial score (nSPS) is 11.6. The van der Waals surface area contributed by atoms with Gasteiger partial charge in [-0.1, -0.05) is 62.9 Å². The molecule has 0 atom stereocenters. The molecule has 0 spiro atoms. The zero-order chi connectivity index (χ0) is 22.4. The zero-order valence-electron chi connectivity index (χ0n) is 18.8. The van der Waals surface area contributed by atoms with Crippen LogP contribution in [0, 0.1) is 0 Å². The Morgan fingerprint density at radius 1 is 1.19 bits per heavy atom. The van der Waals surface area contributed by atoms with Crippen LogP contribution >= 0.6 is 23.1 Å². The van der Waals surface area contributed by atoms with Crippen molar-refractivity contribution in [3.8, 4) is 11.4 Å². The molecule has 0 saturated carbocycles. The van der Waals surface area contributed by atoms with Gasteiger partial charge in [-0.15, -0.1) is 21.5 Å². The van der Waals surface area contributed by atoms with Crippen molar-refractivity contribution in [3.63, 3.8) is 0 Å². The number of benzene rings is 1. The molecular weight excluding hydrogens is 428 g/mol. The molecule has 0 N–H and O–H groups in total. The van der Waals surface area contributed by atoms with Crippen LogP contribution < -0.4 is 0 Å². The number of thiophene rings is 1. The number of aromatic nitrogens is 3. The SMILES string of the molecule is COCCN(Cc1cccs1)C(=O)CSc1nnc(-c2ccc(C(C)(C)C)cc2)n1C. The predicted octanol–water partition coefficient (Wildman–Crippen LogP) is 4.61. The second-order valence-corrected chi connectivity index (χ2v) is 10.3. The minimum atomic E-state index is 0.0644. The van der Waals surface area contributed by atoms with Crippen LogP contribution in [0.1, 0.15) is 31.2 Å². The fourth-order valence-electron chi connectivity index (χ4n) is 3.11. The van der Waals surface area contributed by atoms with Gasteiger partial charge in [-0.2, -0.15) is 0 Å². The molecule has 1 aromatic carbocycles. The average molecular weight is 459 g/mol. The molecule has 2 aromatic heterocycles. The molecule has 2 heterocycles. The minimum absolute atomic E-state index is 0.0644. The Balaban J connectivity index is 1.66. The van der Waals surface area contributed by atoms with Gasteiger partial charge in [-0.3, -0.25) is 4.79 Å². The van der Waals surface area contributed by atoms with E-state index in [0.717, 1.165) is 21.4 Å². The number of hydrogen-bond donors (Lipinski definition) is 0. The maximum absolute atomic E-state index is 12.9. The summed E-state index contributed by atoms with van der Waals surface area (Å²) in [7, 11) is 3.59. The van der Waals surface area contributed by atoms with E-state index in [4.69, 9.17) is 4.74 Å². The Labute approximate surface area is 192 Å². The highest BCUT2D eigenvalue weighted by molar-refractivity contribution is 7.99. The first-order chi connectivity index (χ1) is 14.8. The van der Waals surface area contributed by atoms with Crippen LogP contribution in [0.25, 0.3) is 11.4 Å². The quantitative estimate of drug-likeness (QED) is 0.438. The highest BCUT2D eigenvalue weighted by Crippen LogP contribution is 2.27. The molecule has 0 unspecified atom stereocenters. The topological polar surface area (TPSA) is 60.2 Å². The number of carbonyl (C=O) groups excluding carboxylic acids is 1. The molecule has 0 saturated heterocycles. The first-order valence-corrected chi connectivity index (χ1v) is 12.1. The van der Waals surface area contributed by atoms with Crippen molar-refractivity contribution in [2.45, 2.75) is 37.9 Å². The second-order valence-electron chi connectivity index (χ2n) is 8.37. The molecular formula is C23H30N4O2S2. The van der Waals surface area contributed by atoms with Gasteiger partial charge in [-0.05, 0) is 22.4 Å². The Kier molecular flexibility index (Phi) is 7.91. The number of thioether (sulfide) groups is 1. The molecule has 1 amide bonds. The van der Waals surface area contributed by atoms with Gasteiger partial charge in [0.15, 0.2) is 11.0 Å². The van der Waals surface area contributed by atoms with Gasteiger partial charge in [0.1, 0.15) is 0 Å². The Morgan fingerprint density at radius 3 is 2.55 bits per heavy atom. The van der Waals surface area contributed by atoms with Gasteiger partial charge in [0.25, 0.3) is 0 Å². The molecule has 0 bridgehead atoms. The number of rotatable bonds is 9. The number of nitrogens with zero attached hydrogens (tertiary/aromatic N) is 4. The molecule has 31 heavy (non-hydrogen) atoms. The first kappa shape index (κ1) is 23.5. The zero-order valence-corrected chi connectivity index (χ0v) is 20.4. The summed E-state index contributed by atoms with van der Waals surface area (Å²) in [5, 5.41) is 11.4. The smallest absolute Gasteiger partial charge is 0.233 e. The van der Waals surface area contributed by atoms with Crippen molar-refractivity contribution in [2.24, 2.45) is 7.05 Å². The van der Waals surface area contributed by atoms with Crippen LogP contribution in [0.15, 0.2) is 46.9 Å². The summed E-state index contributed by atoms with van der Waals surface area (Å²) in [5.41, 5.74) is 2.40. The van der Waals surface area contributed by atoms with E-state index in [2.05, 4.69) is 55.2 Å². The largest absolute Gasteiger partial charge is 0.383 e. The van der Waals surface area contributed by atoms with Crippen LogP contribution in [-0.4, -0.2) is 51.6 Å². The first-order valence-electron chi connectivity index (χ1n) is 10.2. The molecule has 8 heteroatoms. The van der Waals surface area contributed by atoms with Crippen LogP contribution in [0.4, 0.5) is 0 Å². The number of hydrogen-bond acceptors (Lipinski definition) is 6. The predicted molar refractivity (Wildman–Crippen MR) is 127 cm³/mol. The lowest BCUT2D eigenvalue weighted by Crippen LogP contribution is -2.34. The third kappa shape index (κ3) is 6.18. The van der Waals surface area contributed by atoms with E-state index in [0.29, 0.717) is 25.4 Å². The third-order valence-electron chi connectivity index (χ3n) is 5.01. The molecule has 0 aliphatic rings. The summed E-state index contributed by atoms with van der Waals surface area (Å²) in [6.07, 6.45) is 0. The summed E-state index contributed by atoms with van der Waals surface area (Å²) in [6, 6.07) is 12.5. The fourth-order valence-corrected chi connectivity index (χ4v) is 4.65. The molecule has 0 aliphatic heterocycles. The highest BCUT2D eigenvalue weighted by atomic mass is 32.2. The second kappa shape index (κ2) is 10.4. The van der Waals surface area contributed by atoms with Crippen LogP contribution in [0.5, 0.6) is 0 Å². The van der Waals surface area contributed by atoms with Crippen LogP contribution in [0.2, 0.25) is 0 Å². The molecule has 6 nitrogen and oxygen atoms in total. The number of amides is 1. The lowest BCUT2D eigenvalue weighted by atomic mass is 9.87. The van der Waals surface area contributed by atoms with Crippen LogP contribution in [0.3, 0.4) is 0 Å². The molecule has 166 valence electrons. The van der Waals surface area contributed by atoms with E-state index in [-0.39, 0.29) is 11.3 Å². The monoisotopic (exact) mass is 458 g/mol. The van der Waals surface area contributed by atoms with E-state index in [1.165, 1.54) is 17.3 Å². The maximum Gasteiger partial charge on any atom is 0.233 e. The summed E-state index contributed by atoms with van der Waals surface area (Å²) in [6.45, 7) is 8.28. The summed E-state index contributed by atoms with van der Waals surface area (Å²) < 4.78 is 7.13. The van der Waals surface area contributed by atoms with Gasteiger partial charge in [0, 0.05) is 31.1 Å². The molecule has 3 aromatic rings. The highest BCUT2D eigenvalue weighted by Gasteiger charge is 2.18. The van der Waals surface area contributed by atoms with Crippen molar-refractivity contribution < 1.29 is 9.53 Å². The number of ether oxygens (including phenoxy) is 1. The van der Waals surface area contributed by atoms with Gasteiger partial charge in [0.2, 0.25) is 5.91 Å². The Morgan fingerprint density at radius 2 is 1.94 bits per heavy atom. The Hall–Kier alpha value is -2.16. The van der Waals surface area contributed by atoms with E-state index >= 15 is 0 Å². The number of carbonyl (C=O) groups is 1. The van der Waals surface area contributed by atoms with E-state index in [1.54, 1.807) is 18.4 Å². The van der Waals surface area contributed by atoms with Crippen molar-refractivity contribution in [3.05, 3.63) is 52.2 Å². The van der Waals surface area contributed by atoms with Crippen molar-refractivity contribution in [1.29, 1.82) is 0 Å². The van der Waals surface area contributed by atoms with E-state index < -0.39 is 0 Å². The average Bonchev–Trinajstić information content (AvgIpc) is 3.38. The summed E-state index contributed by atoms with van der Waals surface area (Å²) >= 11 is 3.07. The van der Waals surface area contributed by atoms with Gasteiger partial charge >= 0.3 is 0 Å². The number of methoxy groups -OCH3 is 1. The molecule has 3 rings (SSSR count). The Bertz CT molecular complexity index is 976. The van der Waals surface area contributed by atoms with Crippen molar-refractivity contribution in [2.75, 3.05) is 26.0 Å². The summed E-state index contributed by atoms with van der Waals surface area (Å²) in [5.74, 6) is 1.17. The van der Waals surface area contributed by atoms with Crippen molar-refractivity contribution in [1.82, 2.24) is 19.7 Å².